The Morgan fingerprint density at radius 3 is 2.45 bits per heavy atom. The van der Waals surface area contributed by atoms with Gasteiger partial charge < -0.3 is 10.3 Å². The van der Waals surface area contributed by atoms with Crippen molar-refractivity contribution in [1.82, 2.24) is 5.32 Å². The number of nitrogens with one attached hydrogen (secondary N) is 1. The Morgan fingerprint density at radius 2 is 2.18 bits per heavy atom. The van der Waals surface area contributed by atoms with Crippen molar-refractivity contribution in [1.29, 1.82) is 0 Å². The van der Waals surface area contributed by atoms with E-state index < -0.39 is 0 Å². The zero-order chi connectivity index (χ0) is 8.85. The van der Waals surface area contributed by atoms with Crippen LogP contribution in [0.5, 0.6) is 0 Å². The van der Waals surface area contributed by atoms with Crippen molar-refractivity contribution >= 4 is 13.4 Å². The topological polar surface area (TPSA) is 49.3 Å². The number of amides is 1. The number of carbonyl (C=O) groups excluding carboxylic acids is 1. The van der Waals surface area contributed by atoms with Gasteiger partial charge in [0.15, 0.2) is 0 Å². The van der Waals surface area contributed by atoms with Gasteiger partial charge in [-0.25, -0.2) is 0 Å². The van der Waals surface area contributed by atoms with Gasteiger partial charge in [-0.3, -0.25) is 4.79 Å². The van der Waals surface area contributed by atoms with Crippen molar-refractivity contribution in [3.05, 3.63) is 0 Å². The minimum absolute atomic E-state index is 0.110. The maximum atomic E-state index is 10.6. The second-order valence-corrected chi connectivity index (χ2v) is 3.09. The Hall–Kier alpha value is -0.505. The molecule has 0 spiro atoms. The van der Waals surface area contributed by atoms with Crippen molar-refractivity contribution in [3.8, 4) is 0 Å². The molecule has 0 aromatic rings. The van der Waals surface area contributed by atoms with Gasteiger partial charge in [0.05, 0.1) is 0 Å². The van der Waals surface area contributed by atoms with Crippen LogP contribution >= 0.6 is 0 Å². The zero-order valence-electron chi connectivity index (χ0n) is 7.29. The predicted molar refractivity (Wildman–Crippen MR) is 45.0 cm³/mol. The number of carbonyl (C=O) groups is 1. The molecule has 1 amide bonds. The van der Waals surface area contributed by atoms with Crippen molar-refractivity contribution < 1.29 is 9.82 Å². The summed E-state index contributed by atoms with van der Waals surface area (Å²) in [6.07, 6.45) is 0.774. The maximum Gasteiger partial charge on any atom is 0.311 e. The number of hydrogen-bond acceptors (Lipinski definition) is 2. The van der Waals surface area contributed by atoms with Crippen LogP contribution in [-0.2, 0) is 4.79 Å². The predicted octanol–water partition coefficient (Wildman–Crippen LogP) is 0.106. The van der Waals surface area contributed by atoms with E-state index in [-0.39, 0.29) is 11.8 Å². The highest BCUT2D eigenvalue weighted by atomic mass is 16.2. The van der Waals surface area contributed by atoms with E-state index >= 15 is 0 Å². The molecule has 1 radical (unpaired) electrons. The fourth-order valence-electron chi connectivity index (χ4n) is 0.926. The lowest BCUT2D eigenvalue weighted by molar-refractivity contribution is -0.119. The highest BCUT2D eigenvalue weighted by Gasteiger charge is 2.11. The molecule has 0 aromatic heterocycles. The highest BCUT2D eigenvalue weighted by Crippen LogP contribution is 2.02. The molecule has 0 saturated heterocycles. The van der Waals surface area contributed by atoms with Crippen molar-refractivity contribution in [2.45, 2.75) is 33.1 Å². The summed E-state index contributed by atoms with van der Waals surface area (Å²) < 4.78 is 0. The van der Waals surface area contributed by atoms with Crippen molar-refractivity contribution in [2.75, 3.05) is 0 Å². The molecule has 0 aliphatic carbocycles. The summed E-state index contributed by atoms with van der Waals surface area (Å²) in [6.45, 7) is 5.52. The first kappa shape index (κ1) is 10.5. The molecule has 0 saturated carbocycles. The van der Waals surface area contributed by atoms with Crippen molar-refractivity contribution in [2.24, 2.45) is 5.92 Å². The smallest absolute Gasteiger partial charge is 0.311 e. The first-order valence-electron chi connectivity index (χ1n) is 3.81. The fraction of sp³-hybridized carbons (Fsp3) is 0.857. The lowest BCUT2D eigenvalue weighted by Crippen LogP contribution is -2.38. The minimum Gasteiger partial charge on any atom is -0.452 e. The standard InChI is InChI=1S/C7H15BNO2/c1-5(2)4-7(8-11)9-6(3)10/h5,7,11H,4H2,1-3H3,(H,9,10)/t7-/m0/s1. The summed E-state index contributed by atoms with van der Waals surface area (Å²) >= 11 is 0. The summed E-state index contributed by atoms with van der Waals surface area (Å²) in [5, 5.41) is 11.3. The first-order chi connectivity index (χ1) is 5.06. The molecule has 0 aliphatic heterocycles. The zero-order valence-corrected chi connectivity index (χ0v) is 7.29. The van der Waals surface area contributed by atoms with Gasteiger partial charge in [-0.15, -0.1) is 0 Å². The van der Waals surface area contributed by atoms with Gasteiger partial charge in [0.2, 0.25) is 5.91 Å². The Labute approximate surface area is 68.5 Å². The number of rotatable bonds is 4. The molecule has 2 N–H and O–H groups in total. The van der Waals surface area contributed by atoms with Gasteiger partial charge in [0.1, 0.15) is 0 Å². The Balaban J connectivity index is 3.66. The molecule has 3 nitrogen and oxygen atoms in total. The number of hydrogen-bond donors (Lipinski definition) is 2. The molecule has 63 valence electrons. The summed E-state index contributed by atoms with van der Waals surface area (Å²) in [4.78, 5) is 10.6. The second kappa shape index (κ2) is 5.19. The van der Waals surface area contributed by atoms with Gasteiger partial charge in [-0.2, -0.15) is 0 Å². The molecule has 0 bridgehead atoms. The SMILES string of the molecule is CC(=O)N[C@H]([B]O)CC(C)C. The van der Waals surface area contributed by atoms with Gasteiger partial charge in [0.25, 0.3) is 0 Å². The van der Waals surface area contributed by atoms with Crippen LogP contribution in [0.3, 0.4) is 0 Å². The molecule has 4 heteroatoms. The first-order valence-corrected chi connectivity index (χ1v) is 3.81. The van der Waals surface area contributed by atoms with E-state index in [9.17, 15) is 4.79 Å². The Bertz CT molecular complexity index is 128. The third kappa shape index (κ3) is 5.92. The Morgan fingerprint density at radius 1 is 1.64 bits per heavy atom. The highest BCUT2D eigenvalue weighted by molar-refractivity contribution is 6.28. The molecule has 0 heterocycles. The summed E-state index contributed by atoms with van der Waals surface area (Å²) in [5.41, 5.74) is 0. The van der Waals surface area contributed by atoms with Crippen LogP contribution in [0.1, 0.15) is 27.2 Å². The average Bonchev–Trinajstić information content (AvgIpc) is 1.84. The van der Waals surface area contributed by atoms with Gasteiger partial charge in [0, 0.05) is 12.9 Å². The van der Waals surface area contributed by atoms with Crippen LogP contribution in [0, 0.1) is 5.92 Å². The lowest BCUT2D eigenvalue weighted by Gasteiger charge is -2.15. The van der Waals surface area contributed by atoms with Crippen LogP contribution < -0.4 is 5.32 Å². The molecular weight excluding hydrogens is 141 g/mol. The van der Waals surface area contributed by atoms with Gasteiger partial charge >= 0.3 is 7.48 Å². The maximum absolute atomic E-state index is 10.6. The fourth-order valence-corrected chi connectivity index (χ4v) is 0.926. The van der Waals surface area contributed by atoms with Gasteiger partial charge in [-0.05, 0) is 12.3 Å². The van der Waals surface area contributed by atoms with E-state index in [0.29, 0.717) is 5.92 Å². The molecule has 0 unspecified atom stereocenters. The molecular formula is C7H15BNO2. The largest absolute Gasteiger partial charge is 0.452 e. The van der Waals surface area contributed by atoms with E-state index in [2.05, 4.69) is 5.32 Å². The van der Waals surface area contributed by atoms with Crippen LogP contribution in [0.25, 0.3) is 0 Å². The third-order valence-electron chi connectivity index (χ3n) is 1.29. The molecule has 11 heavy (non-hydrogen) atoms. The van der Waals surface area contributed by atoms with E-state index in [4.69, 9.17) is 5.02 Å². The van der Waals surface area contributed by atoms with Crippen LogP contribution in [0.2, 0.25) is 0 Å². The molecule has 0 fully saturated rings. The summed E-state index contributed by atoms with van der Waals surface area (Å²) in [7, 11) is 1.03. The minimum atomic E-state index is -0.201. The summed E-state index contributed by atoms with van der Waals surface area (Å²) in [5.74, 6) is 0.156. The van der Waals surface area contributed by atoms with E-state index in [1.807, 2.05) is 13.8 Å². The van der Waals surface area contributed by atoms with Crippen LogP contribution in [0.15, 0.2) is 0 Å². The summed E-state index contributed by atoms with van der Waals surface area (Å²) in [6, 6.07) is 0. The molecule has 1 atom stereocenters. The van der Waals surface area contributed by atoms with Gasteiger partial charge in [-0.1, -0.05) is 13.8 Å². The Kier molecular flexibility index (Phi) is 4.95. The van der Waals surface area contributed by atoms with E-state index in [0.717, 1.165) is 13.9 Å². The molecule has 0 aromatic carbocycles. The second-order valence-electron chi connectivity index (χ2n) is 3.09. The third-order valence-corrected chi connectivity index (χ3v) is 1.29. The molecule has 0 aliphatic rings. The lowest BCUT2D eigenvalue weighted by atomic mass is 9.82. The van der Waals surface area contributed by atoms with Crippen LogP contribution in [-0.4, -0.2) is 24.4 Å². The van der Waals surface area contributed by atoms with Crippen molar-refractivity contribution in [3.63, 3.8) is 0 Å². The monoisotopic (exact) mass is 156 g/mol. The van der Waals surface area contributed by atoms with E-state index in [1.54, 1.807) is 0 Å². The van der Waals surface area contributed by atoms with Crippen LogP contribution in [0.4, 0.5) is 0 Å². The average molecular weight is 156 g/mol. The normalized spacial score (nSPS) is 12.8. The quantitative estimate of drug-likeness (QED) is 0.567. The van der Waals surface area contributed by atoms with E-state index in [1.165, 1.54) is 6.92 Å². The molecule has 0 rings (SSSR count).